The molecule has 0 bridgehead atoms. The molecule has 0 unspecified atom stereocenters. The Morgan fingerprint density at radius 1 is 1.33 bits per heavy atom. The number of nitrogens with zero attached hydrogens (tertiary/aromatic N) is 1. The van der Waals surface area contributed by atoms with Crippen molar-refractivity contribution in [2.24, 2.45) is 0 Å². The maximum absolute atomic E-state index is 10.8. The van der Waals surface area contributed by atoms with Crippen molar-refractivity contribution in [1.82, 2.24) is 15.5 Å². The molecule has 1 heterocycles. The predicted molar refractivity (Wildman–Crippen MR) is 58.6 cm³/mol. The van der Waals surface area contributed by atoms with Gasteiger partial charge in [0, 0.05) is 18.7 Å². The molecule has 0 saturated heterocycles. The summed E-state index contributed by atoms with van der Waals surface area (Å²) in [5, 5.41) is 9.88. The molecule has 4 nitrogen and oxygen atoms in total. The monoisotopic (exact) mass is 207 g/mol. The van der Waals surface area contributed by atoms with E-state index in [-0.39, 0.29) is 5.56 Å². The first-order valence-electron chi connectivity index (χ1n) is 5.62. The lowest BCUT2D eigenvalue weighted by atomic mass is 9.95. The van der Waals surface area contributed by atoms with Crippen LogP contribution in [0.2, 0.25) is 0 Å². The number of rotatable bonds is 3. The molecule has 1 aromatic rings. The van der Waals surface area contributed by atoms with Crippen molar-refractivity contribution >= 4 is 0 Å². The molecule has 4 heteroatoms. The zero-order valence-corrected chi connectivity index (χ0v) is 8.83. The number of hydrogen-bond acceptors (Lipinski definition) is 3. The second-order valence-electron chi connectivity index (χ2n) is 4.13. The fourth-order valence-corrected chi connectivity index (χ4v) is 2.03. The summed E-state index contributed by atoms with van der Waals surface area (Å²) < 4.78 is 0. The second kappa shape index (κ2) is 5.07. The lowest BCUT2D eigenvalue weighted by Crippen LogP contribution is -2.31. The third kappa shape index (κ3) is 3.16. The molecule has 1 aromatic heterocycles. The van der Waals surface area contributed by atoms with Crippen LogP contribution in [0.4, 0.5) is 0 Å². The lowest BCUT2D eigenvalue weighted by Gasteiger charge is -2.22. The number of aromatic amines is 1. The van der Waals surface area contributed by atoms with Crippen LogP contribution in [0.1, 0.15) is 37.8 Å². The van der Waals surface area contributed by atoms with Crippen LogP contribution in [-0.4, -0.2) is 16.2 Å². The molecular weight excluding hydrogens is 190 g/mol. The van der Waals surface area contributed by atoms with Gasteiger partial charge in [0.15, 0.2) is 0 Å². The Kier molecular flexibility index (Phi) is 3.50. The fraction of sp³-hybridized carbons (Fsp3) is 0.636. The number of H-pyrrole nitrogens is 1. The minimum atomic E-state index is -0.142. The van der Waals surface area contributed by atoms with Gasteiger partial charge in [0.25, 0.3) is 5.56 Å². The van der Waals surface area contributed by atoms with Crippen molar-refractivity contribution in [1.29, 1.82) is 0 Å². The highest BCUT2D eigenvalue weighted by Gasteiger charge is 2.12. The molecule has 15 heavy (non-hydrogen) atoms. The third-order valence-electron chi connectivity index (χ3n) is 2.91. The summed E-state index contributed by atoms with van der Waals surface area (Å²) in [5.41, 5.74) is 0.761. The van der Waals surface area contributed by atoms with Crippen LogP contribution in [0.5, 0.6) is 0 Å². The van der Waals surface area contributed by atoms with Crippen molar-refractivity contribution in [3.63, 3.8) is 0 Å². The van der Waals surface area contributed by atoms with Crippen molar-refractivity contribution in [2.45, 2.75) is 44.7 Å². The van der Waals surface area contributed by atoms with Crippen LogP contribution in [0.3, 0.4) is 0 Å². The summed E-state index contributed by atoms with van der Waals surface area (Å²) in [4.78, 5) is 10.8. The van der Waals surface area contributed by atoms with Gasteiger partial charge in [-0.05, 0) is 18.9 Å². The van der Waals surface area contributed by atoms with Gasteiger partial charge in [-0.15, -0.1) is 0 Å². The summed E-state index contributed by atoms with van der Waals surface area (Å²) in [6, 6.07) is 3.92. The quantitative estimate of drug-likeness (QED) is 0.782. The van der Waals surface area contributed by atoms with E-state index in [0.717, 1.165) is 12.2 Å². The zero-order valence-electron chi connectivity index (χ0n) is 8.83. The summed E-state index contributed by atoms with van der Waals surface area (Å²) in [6.07, 6.45) is 6.56. The lowest BCUT2D eigenvalue weighted by molar-refractivity contribution is 0.370. The SMILES string of the molecule is O=c1ccc(CNC2CCCCC2)n[nH]1. The van der Waals surface area contributed by atoms with Crippen molar-refractivity contribution < 1.29 is 0 Å². The van der Waals surface area contributed by atoms with Gasteiger partial charge < -0.3 is 5.32 Å². The first-order chi connectivity index (χ1) is 7.34. The van der Waals surface area contributed by atoms with Crippen molar-refractivity contribution in [3.05, 3.63) is 28.2 Å². The third-order valence-corrected chi connectivity index (χ3v) is 2.91. The Morgan fingerprint density at radius 2 is 2.13 bits per heavy atom. The van der Waals surface area contributed by atoms with Crippen LogP contribution >= 0.6 is 0 Å². The molecule has 0 radical (unpaired) electrons. The van der Waals surface area contributed by atoms with Gasteiger partial charge in [-0.1, -0.05) is 19.3 Å². The van der Waals surface area contributed by atoms with Gasteiger partial charge in [-0.2, -0.15) is 5.10 Å². The number of nitrogens with one attached hydrogen (secondary N) is 2. The Bertz CT molecular complexity index is 335. The van der Waals surface area contributed by atoms with Gasteiger partial charge in [0.1, 0.15) is 0 Å². The molecule has 0 amide bonds. The van der Waals surface area contributed by atoms with E-state index in [2.05, 4.69) is 15.5 Å². The smallest absolute Gasteiger partial charge is 0.264 e. The van der Waals surface area contributed by atoms with Crippen LogP contribution in [-0.2, 0) is 6.54 Å². The predicted octanol–water partition coefficient (Wildman–Crippen LogP) is 1.19. The minimum Gasteiger partial charge on any atom is -0.308 e. The van der Waals surface area contributed by atoms with Gasteiger partial charge in [-0.25, -0.2) is 5.10 Å². The van der Waals surface area contributed by atoms with E-state index in [4.69, 9.17) is 0 Å². The molecular formula is C11H17N3O. The van der Waals surface area contributed by atoms with E-state index in [1.54, 1.807) is 6.07 Å². The molecule has 0 atom stereocenters. The maximum atomic E-state index is 10.8. The fourth-order valence-electron chi connectivity index (χ4n) is 2.03. The summed E-state index contributed by atoms with van der Waals surface area (Å²) >= 11 is 0. The van der Waals surface area contributed by atoms with Gasteiger partial charge in [0.05, 0.1) is 5.69 Å². The van der Waals surface area contributed by atoms with Gasteiger partial charge in [0.2, 0.25) is 0 Å². The molecule has 2 N–H and O–H groups in total. The van der Waals surface area contributed by atoms with E-state index in [9.17, 15) is 4.79 Å². The molecule has 1 aliphatic carbocycles. The van der Waals surface area contributed by atoms with E-state index in [0.29, 0.717) is 6.04 Å². The van der Waals surface area contributed by atoms with E-state index in [1.807, 2.05) is 0 Å². The Balaban J connectivity index is 1.81. The molecule has 82 valence electrons. The Morgan fingerprint density at radius 3 is 2.80 bits per heavy atom. The summed E-state index contributed by atoms with van der Waals surface area (Å²) in [6.45, 7) is 0.751. The van der Waals surface area contributed by atoms with Gasteiger partial charge in [-0.3, -0.25) is 4.79 Å². The molecule has 1 fully saturated rings. The second-order valence-corrected chi connectivity index (χ2v) is 4.13. The molecule has 2 rings (SSSR count). The van der Waals surface area contributed by atoms with Crippen LogP contribution in [0, 0.1) is 0 Å². The van der Waals surface area contributed by atoms with Crippen LogP contribution < -0.4 is 10.9 Å². The summed E-state index contributed by atoms with van der Waals surface area (Å²) in [5.74, 6) is 0. The molecule has 1 saturated carbocycles. The number of hydrogen-bond donors (Lipinski definition) is 2. The molecule has 0 aliphatic heterocycles. The van der Waals surface area contributed by atoms with E-state index < -0.39 is 0 Å². The largest absolute Gasteiger partial charge is 0.308 e. The van der Waals surface area contributed by atoms with Crippen molar-refractivity contribution in [2.75, 3.05) is 0 Å². The van der Waals surface area contributed by atoms with Crippen LogP contribution in [0.25, 0.3) is 0 Å². The number of aromatic nitrogens is 2. The zero-order chi connectivity index (χ0) is 10.5. The van der Waals surface area contributed by atoms with Gasteiger partial charge >= 0.3 is 0 Å². The van der Waals surface area contributed by atoms with E-state index >= 15 is 0 Å². The average molecular weight is 207 g/mol. The Labute approximate surface area is 89.1 Å². The first-order valence-corrected chi connectivity index (χ1v) is 5.62. The van der Waals surface area contributed by atoms with Crippen molar-refractivity contribution in [3.8, 4) is 0 Å². The standard InChI is InChI=1S/C11H17N3O/c15-11-7-6-10(13-14-11)8-12-9-4-2-1-3-5-9/h6-7,9,12H,1-5,8H2,(H,14,15). The summed E-state index contributed by atoms with van der Waals surface area (Å²) in [7, 11) is 0. The topological polar surface area (TPSA) is 57.8 Å². The average Bonchev–Trinajstić information content (AvgIpc) is 2.30. The minimum absolute atomic E-state index is 0.142. The highest BCUT2D eigenvalue weighted by Crippen LogP contribution is 2.17. The van der Waals surface area contributed by atoms with E-state index in [1.165, 1.54) is 38.2 Å². The normalized spacial score (nSPS) is 17.9. The Hall–Kier alpha value is -1.16. The molecule has 1 aliphatic rings. The highest BCUT2D eigenvalue weighted by atomic mass is 16.1. The highest BCUT2D eigenvalue weighted by molar-refractivity contribution is 4.99. The maximum Gasteiger partial charge on any atom is 0.264 e. The first kappa shape index (κ1) is 10.4. The van der Waals surface area contributed by atoms with Crippen LogP contribution in [0.15, 0.2) is 16.9 Å². The molecule has 0 aromatic carbocycles. The molecule has 0 spiro atoms.